The van der Waals surface area contributed by atoms with Crippen LogP contribution in [0, 0.1) is 21.4 Å². The highest BCUT2D eigenvalue weighted by Crippen LogP contribution is 2.21. The van der Waals surface area contributed by atoms with E-state index in [1.54, 1.807) is 0 Å². The molecule has 0 unspecified atom stereocenters. The van der Waals surface area contributed by atoms with Gasteiger partial charge in [-0.3, -0.25) is 10.1 Å². The predicted octanol–water partition coefficient (Wildman–Crippen LogP) is 0.914. The molecule has 21 heavy (non-hydrogen) atoms. The van der Waals surface area contributed by atoms with Gasteiger partial charge in [0.1, 0.15) is 6.07 Å². The Morgan fingerprint density at radius 2 is 2.24 bits per heavy atom. The van der Waals surface area contributed by atoms with E-state index in [0.29, 0.717) is 31.7 Å². The fourth-order valence-electron chi connectivity index (χ4n) is 2.15. The van der Waals surface area contributed by atoms with Gasteiger partial charge < -0.3 is 5.32 Å². The highest BCUT2D eigenvalue weighted by atomic mass is 32.2. The van der Waals surface area contributed by atoms with Crippen molar-refractivity contribution >= 4 is 21.4 Å². The first-order chi connectivity index (χ1) is 9.94. The molecule has 1 aromatic carbocycles. The first-order valence-corrected chi connectivity index (χ1v) is 7.95. The Hall–Kier alpha value is -2.18. The molecule has 1 aliphatic heterocycles. The van der Waals surface area contributed by atoms with Crippen LogP contribution in [-0.2, 0) is 10.0 Å². The van der Waals surface area contributed by atoms with Crippen molar-refractivity contribution in [2.45, 2.75) is 6.42 Å². The van der Waals surface area contributed by atoms with E-state index in [-0.39, 0.29) is 17.0 Å². The van der Waals surface area contributed by atoms with Crippen molar-refractivity contribution in [1.82, 2.24) is 4.31 Å². The lowest BCUT2D eigenvalue weighted by Crippen LogP contribution is -2.30. The molecule has 112 valence electrons. The van der Waals surface area contributed by atoms with Gasteiger partial charge >= 0.3 is 0 Å². The summed E-state index contributed by atoms with van der Waals surface area (Å²) in [6.07, 6.45) is 0.628. The molecular formula is C12H14N4O4S. The minimum atomic E-state index is -3.14. The van der Waals surface area contributed by atoms with Gasteiger partial charge in [-0.15, -0.1) is 0 Å². The number of nitrogens with one attached hydrogen (secondary N) is 1. The average Bonchev–Trinajstić information content (AvgIpc) is 2.78. The first kappa shape index (κ1) is 15.2. The third-order valence-electron chi connectivity index (χ3n) is 3.21. The molecule has 1 saturated heterocycles. The molecule has 2 rings (SSSR count). The number of anilines is 1. The summed E-state index contributed by atoms with van der Waals surface area (Å²) in [5, 5.41) is 22.6. The molecule has 0 radical (unpaired) electrons. The van der Waals surface area contributed by atoms with Crippen LogP contribution >= 0.6 is 0 Å². The third-order valence-corrected chi connectivity index (χ3v) is 5.17. The molecular weight excluding hydrogens is 296 g/mol. The van der Waals surface area contributed by atoms with Gasteiger partial charge in [0.2, 0.25) is 10.0 Å². The Bertz CT molecular complexity index is 696. The quantitative estimate of drug-likeness (QED) is 0.638. The molecule has 1 heterocycles. The first-order valence-electron chi connectivity index (χ1n) is 6.34. The van der Waals surface area contributed by atoms with Crippen molar-refractivity contribution < 1.29 is 13.3 Å². The zero-order valence-corrected chi connectivity index (χ0v) is 12.0. The van der Waals surface area contributed by atoms with Crippen molar-refractivity contribution in [2.24, 2.45) is 0 Å². The Labute approximate surface area is 122 Å². The molecule has 1 aliphatic rings. The second-order valence-electron chi connectivity index (χ2n) is 4.59. The Balaban J connectivity index is 2.01. The molecule has 0 atom stereocenters. The fraction of sp³-hybridized carbons (Fsp3) is 0.417. The maximum atomic E-state index is 11.6. The Morgan fingerprint density at radius 1 is 1.48 bits per heavy atom. The molecule has 0 bridgehead atoms. The van der Waals surface area contributed by atoms with Gasteiger partial charge in [-0.25, -0.2) is 12.7 Å². The second-order valence-corrected chi connectivity index (χ2v) is 6.68. The Kier molecular flexibility index (Phi) is 4.40. The van der Waals surface area contributed by atoms with E-state index in [4.69, 9.17) is 5.26 Å². The van der Waals surface area contributed by atoms with Crippen molar-refractivity contribution in [2.75, 3.05) is 30.7 Å². The minimum absolute atomic E-state index is 0.153. The van der Waals surface area contributed by atoms with E-state index in [9.17, 15) is 18.5 Å². The fourth-order valence-corrected chi connectivity index (χ4v) is 3.68. The number of sulfonamides is 1. The standard InChI is InChI=1S/C12H14N4O4S/c13-9-10-8-11(16(17)18)2-3-12(10)14-4-6-15-5-1-7-21(15,19)20/h2-3,8,14H,1,4-7H2. The van der Waals surface area contributed by atoms with E-state index in [1.165, 1.54) is 22.5 Å². The van der Waals surface area contributed by atoms with Crippen molar-refractivity contribution in [3.05, 3.63) is 33.9 Å². The van der Waals surface area contributed by atoms with Gasteiger partial charge in [0.15, 0.2) is 0 Å². The molecule has 1 aromatic rings. The maximum absolute atomic E-state index is 11.6. The van der Waals surface area contributed by atoms with Gasteiger partial charge in [0, 0.05) is 31.8 Å². The Morgan fingerprint density at radius 3 is 2.81 bits per heavy atom. The predicted molar refractivity (Wildman–Crippen MR) is 76.3 cm³/mol. The lowest BCUT2D eigenvalue weighted by Gasteiger charge is -2.15. The SMILES string of the molecule is N#Cc1cc([N+](=O)[O-])ccc1NCCN1CCCS1(=O)=O. The molecule has 1 fully saturated rings. The van der Waals surface area contributed by atoms with Crippen LogP contribution in [0.15, 0.2) is 18.2 Å². The van der Waals surface area contributed by atoms with Crippen LogP contribution < -0.4 is 5.32 Å². The van der Waals surface area contributed by atoms with Gasteiger partial charge in [0.25, 0.3) is 5.69 Å². The monoisotopic (exact) mass is 310 g/mol. The van der Waals surface area contributed by atoms with Crippen LogP contribution in [-0.4, -0.2) is 43.0 Å². The molecule has 1 N–H and O–H groups in total. The van der Waals surface area contributed by atoms with Gasteiger partial charge in [-0.05, 0) is 12.5 Å². The van der Waals surface area contributed by atoms with E-state index in [1.807, 2.05) is 6.07 Å². The smallest absolute Gasteiger partial charge is 0.270 e. The highest BCUT2D eigenvalue weighted by Gasteiger charge is 2.27. The molecule has 9 heteroatoms. The van der Waals surface area contributed by atoms with Crippen LogP contribution in [0.4, 0.5) is 11.4 Å². The number of non-ortho nitro benzene ring substituents is 1. The number of rotatable bonds is 5. The van der Waals surface area contributed by atoms with Crippen LogP contribution in [0.25, 0.3) is 0 Å². The van der Waals surface area contributed by atoms with Crippen molar-refractivity contribution in [3.63, 3.8) is 0 Å². The second kappa shape index (κ2) is 6.07. The molecule has 0 amide bonds. The number of nitrogens with zero attached hydrogens (tertiary/aromatic N) is 3. The zero-order chi connectivity index (χ0) is 15.5. The van der Waals surface area contributed by atoms with Crippen LogP contribution in [0.3, 0.4) is 0 Å². The summed E-state index contributed by atoms with van der Waals surface area (Å²) in [5.74, 6) is 0.175. The molecule has 0 aliphatic carbocycles. The molecule has 0 saturated carbocycles. The van der Waals surface area contributed by atoms with Gasteiger partial charge in [-0.1, -0.05) is 0 Å². The van der Waals surface area contributed by atoms with Gasteiger partial charge in [-0.2, -0.15) is 5.26 Å². The minimum Gasteiger partial charge on any atom is -0.383 e. The van der Waals surface area contributed by atoms with E-state index in [2.05, 4.69) is 5.32 Å². The summed E-state index contributed by atoms with van der Waals surface area (Å²) >= 11 is 0. The van der Waals surface area contributed by atoms with Gasteiger partial charge in [0.05, 0.1) is 21.9 Å². The van der Waals surface area contributed by atoms with E-state index in [0.717, 1.165) is 0 Å². The molecule has 0 spiro atoms. The number of benzene rings is 1. The number of hydrogen-bond acceptors (Lipinski definition) is 6. The average molecular weight is 310 g/mol. The summed E-state index contributed by atoms with van der Waals surface area (Å²) < 4.78 is 24.6. The van der Waals surface area contributed by atoms with Crippen LogP contribution in [0.1, 0.15) is 12.0 Å². The number of nitriles is 1. The lowest BCUT2D eigenvalue weighted by molar-refractivity contribution is -0.384. The van der Waals surface area contributed by atoms with Crippen molar-refractivity contribution in [1.29, 1.82) is 5.26 Å². The lowest BCUT2D eigenvalue weighted by atomic mass is 10.1. The maximum Gasteiger partial charge on any atom is 0.270 e. The number of nitro groups is 1. The summed E-state index contributed by atoms with van der Waals surface area (Å²) in [4.78, 5) is 10.1. The van der Waals surface area contributed by atoms with Crippen LogP contribution in [0.5, 0.6) is 0 Å². The van der Waals surface area contributed by atoms with Crippen molar-refractivity contribution in [3.8, 4) is 6.07 Å². The summed E-state index contributed by atoms with van der Waals surface area (Å²) in [5.41, 5.74) is 0.465. The van der Waals surface area contributed by atoms with Crippen LogP contribution in [0.2, 0.25) is 0 Å². The third kappa shape index (κ3) is 3.48. The summed E-state index contributed by atoms with van der Waals surface area (Å²) in [7, 11) is -3.14. The molecule has 8 nitrogen and oxygen atoms in total. The normalized spacial score (nSPS) is 17.3. The summed E-state index contributed by atoms with van der Waals surface area (Å²) in [6, 6.07) is 5.83. The number of nitro benzene ring substituents is 1. The van der Waals surface area contributed by atoms with E-state index < -0.39 is 14.9 Å². The highest BCUT2D eigenvalue weighted by molar-refractivity contribution is 7.89. The number of hydrogen-bond donors (Lipinski definition) is 1. The zero-order valence-electron chi connectivity index (χ0n) is 11.2. The topological polar surface area (TPSA) is 116 Å². The summed E-state index contributed by atoms with van der Waals surface area (Å²) in [6.45, 7) is 1.16. The molecule has 0 aromatic heterocycles. The largest absolute Gasteiger partial charge is 0.383 e. The van der Waals surface area contributed by atoms with E-state index >= 15 is 0 Å².